The van der Waals surface area contributed by atoms with E-state index < -0.39 is 0 Å². The third-order valence-corrected chi connectivity index (χ3v) is 3.90. The Hall–Kier alpha value is -2.20. The Morgan fingerprint density at radius 1 is 1.25 bits per heavy atom. The van der Waals surface area contributed by atoms with E-state index in [0.29, 0.717) is 5.76 Å². The fraction of sp³-hybridized carbons (Fsp3) is 0.125. The lowest BCUT2D eigenvalue weighted by molar-refractivity contribution is 0.0965. The number of furan rings is 1. The molecule has 2 heterocycles. The first kappa shape index (κ1) is 12.8. The number of ketones is 1. The third-order valence-electron chi connectivity index (χ3n) is 3.05. The lowest BCUT2D eigenvalue weighted by Gasteiger charge is -1.96. The van der Waals surface area contributed by atoms with Crippen LogP contribution >= 0.6 is 11.3 Å². The average molecular weight is 283 g/mol. The smallest absolute Gasteiger partial charge is 0.205 e. The number of aryl methyl sites for hydroxylation is 1. The summed E-state index contributed by atoms with van der Waals surface area (Å²) in [7, 11) is 0. The van der Waals surface area contributed by atoms with Crippen LogP contribution in [0.3, 0.4) is 0 Å². The summed E-state index contributed by atoms with van der Waals surface area (Å²) < 4.78 is 5.22. The molecule has 0 aliphatic heterocycles. The molecule has 0 atom stereocenters. The molecule has 0 saturated heterocycles. The van der Waals surface area contributed by atoms with Crippen molar-refractivity contribution in [2.75, 3.05) is 0 Å². The maximum absolute atomic E-state index is 12.1. The minimum absolute atomic E-state index is 0.0264. The Labute approximate surface area is 120 Å². The second-order valence-electron chi connectivity index (χ2n) is 4.53. The van der Waals surface area contributed by atoms with Gasteiger partial charge in [-0.1, -0.05) is 30.3 Å². The van der Waals surface area contributed by atoms with Gasteiger partial charge in [-0.2, -0.15) is 0 Å². The van der Waals surface area contributed by atoms with Gasteiger partial charge in [-0.3, -0.25) is 4.79 Å². The summed E-state index contributed by atoms with van der Waals surface area (Å²) in [5.74, 6) is 0.405. The van der Waals surface area contributed by atoms with Crippen molar-refractivity contribution in [3.05, 3.63) is 64.4 Å². The SMILES string of the molecule is Cc1ccoc1C(=O)Cc1nc(-c2ccccc2)cs1. The lowest BCUT2D eigenvalue weighted by atomic mass is 10.1. The van der Waals surface area contributed by atoms with Crippen molar-refractivity contribution in [2.45, 2.75) is 13.3 Å². The third kappa shape index (κ3) is 2.56. The number of thiazole rings is 1. The van der Waals surface area contributed by atoms with Crippen LogP contribution in [0.1, 0.15) is 21.1 Å². The van der Waals surface area contributed by atoms with Crippen molar-refractivity contribution in [1.29, 1.82) is 0 Å². The molecular weight excluding hydrogens is 270 g/mol. The van der Waals surface area contributed by atoms with Gasteiger partial charge in [0.05, 0.1) is 18.4 Å². The number of hydrogen-bond acceptors (Lipinski definition) is 4. The fourth-order valence-corrected chi connectivity index (χ4v) is 2.81. The van der Waals surface area contributed by atoms with Gasteiger partial charge >= 0.3 is 0 Å². The zero-order valence-corrected chi connectivity index (χ0v) is 11.8. The molecule has 0 radical (unpaired) electrons. The van der Waals surface area contributed by atoms with Gasteiger partial charge in [-0.05, 0) is 18.6 Å². The Bertz CT molecular complexity index is 728. The number of Topliss-reactive ketones (excluding diaryl/α,β-unsaturated/α-hetero) is 1. The molecule has 3 aromatic rings. The van der Waals surface area contributed by atoms with Gasteiger partial charge in [0.2, 0.25) is 5.78 Å². The molecule has 0 amide bonds. The molecule has 4 heteroatoms. The summed E-state index contributed by atoms with van der Waals surface area (Å²) in [5.41, 5.74) is 2.85. The van der Waals surface area contributed by atoms with Crippen LogP contribution in [0.5, 0.6) is 0 Å². The molecule has 3 nitrogen and oxygen atoms in total. The van der Waals surface area contributed by atoms with Crippen LogP contribution in [0.25, 0.3) is 11.3 Å². The van der Waals surface area contributed by atoms with Gasteiger partial charge in [0.15, 0.2) is 5.76 Å². The van der Waals surface area contributed by atoms with Crippen molar-refractivity contribution in [3.8, 4) is 11.3 Å². The summed E-state index contributed by atoms with van der Waals surface area (Å²) in [6.45, 7) is 1.87. The van der Waals surface area contributed by atoms with E-state index in [2.05, 4.69) is 4.98 Å². The quantitative estimate of drug-likeness (QED) is 0.676. The van der Waals surface area contributed by atoms with Crippen LogP contribution in [-0.2, 0) is 6.42 Å². The first-order chi connectivity index (χ1) is 9.74. The van der Waals surface area contributed by atoms with Gasteiger partial charge < -0.3 is 4.42 Å². The number of aromatic nitrogens is 1. The average Bonchev–Trinajstić information content (AvgIpc) is 3.09. The second-order valence-corrected chi connectivity index (χ2v) is 5.47. The Kier molecular flexibility index (Phi) is 3.48. The molecule has 0 aliphatic rings. The molecule has 0 unspecified atom stereocenters. The highest BCUT2D eigenvalue weighted by molar-refractivity contribution is 7.10. The van der Waals surface area contributed by atoms with E-state index in [1.54, 1.807) is 12.3 Å². The van der Waals surface area contributed by atoms with Crippen molar-refractivity contribution in [1.82, 2.24) is 4.98 Å². The second kappa shape index (κ2) is 5.43. The summed E-state index contributed by atoms with van der Waals surface area (Å²) in [4.78, 5) is 16.6. The van der Waals surface area contributed by atoms with E-state index in [-0.39, 0.29) is 12.2 Å². The molecule has 0 N–H and O–H groups in total. The van der Waals surface area contributed by atoms with Crippen molar-refractivity contribution in [2.24, 2.45) is 0 Å². The molecular formula is C16H13NO2S. The van der Waals surface area contributed by atoms with Crippen LogP contribution in [-0.4, -0.2) is 10.8 Å². The van der Waals surface area contributed by atoms with E-state index in [9.17, 15) is 4.79 Å². The molecule has 0 spiro atoms. The van der Waals surface area contributed by atoms with E-state index in [0.717, 1.165) is 21.8 Å². The van der Waals surface area contributed by atoms with Gasteiger partial charge in [-0.25, -0.2) is 4.98 Å². The zero-order chi connectivity index (χ0) is 13.9. The minimum Gasteiger partial charge on any atom is -0.461 e. The Morgan fingerprint density at radius 2 is 2.05 bits per heavy atom. The fourth-order valence-electron chi connectivity index (χ4n) is 2.01. The first-order valence-electron chi connectivity index (χ1n) is 6.31. The predicted molar refractivity (Wildman–Crippen MR) is 79.0 cm³/mol. The highest BCUT2D eigenvalue weighted by Crippen LogP contribution is 2.23. The van der Waals surface area contributed by atoms with Gasteiger partial charge in [-0.15, -0.1) is 11.3 Å². The van der Waals surface area contributed by atoms with Crippen LogP contribution in [0.4, 0.5) is 0 Å². The monoisotopic (exact) mass is 283 g/mol. The van der Waals surface area contributed by atoms with Crippen molar-refractivity contribution >= 4 is 17.1 Å². The number of carbonyl (C=O) groups is 1. The number of benzene rings is 1. The van der Waals surface area contributed by atoms with Gasteiger partial charge in [0.1, 0.15) is 5.01 Å². The summed E-state index contributed by atoms with van der Waals surface area (Å²) >= 11 is 1.50. The number of carbonyl (C=O) groups excluding carboxylic acids is 1. The summed E-state index contributed by atoms with van der Waals surface area (Å²) in [6.07, 6.45) is 1.83. The van der Waals surface area contributed by atoms with Crippen LogP contribution < -0.4 is 0 Å². The van der Waals surface area contributed by atoms with Gasteiger partial charge in [0.25, 0.3) is 0 Å². The van der Waals surface area contributed by atoms with E-state index >= 15 is 0 Å². The number of nitrogens with zero attached hydrogens (tertiary/aromatic N) is 1. The molecule has 0 fully saturated rings. The Morgan fingerprint density at radius 3 is 2.75 bits per heavy atom. The van der Waals surface area contributed by atoms with E-state index in [1.807, 2.05) is 42.6 Å². The summed E-state index contributed by atoms with van der Waals surface area (Å²) in [5, 5.41) is 2.79. The maximum atomic E-state index is 12.1. The highest BCUT2D eigenvalue weighted by Gasteiger charge is 2.15. The zero-order valence-electron chi connectivity index (χ0n) is 11.0. The highest BCUT2D eigenvalue weighted by atomic mass is 32.1. The molecule has 0 saturated carbocycles. The van der Waals surface area contributed by atoms with E-state index in [4.69, 9.17) is 4.42 Å². The van der Waals surface area contributed by atoms with Crippen LogP contribution in [0.15, 0.2) is 52.5 Å². The molecule has 0 aliphatic carbocycles. The summed E-state index contributed by atoms with van der Waals surface area (Å²) in [6, 6.07) is 11.7. The number of hydrogen-bond donors (Lipinski definition) is 0. The van der Waals surface area contributed by atoms with Crippen LogP contribution in [0, 0.1) is 6.92 Å². The molecule has 100 valence electrons. The number of rotatable bonds is 4. The molecule has 2 aromatic heterocycles. The van der Waals surface area contributed by atoms with Crippen molar-refractivity contribution in [3.63, 3.8) is 0 Å². The first-order valence-corrected chi connectivity index (χ1v) is 7.19. The molecule has 0 bridgehead atoms. The van der Waals surface area contributed by atoms with Crippen molar-refractivity contribution < 1.29 is 9.21 Å². The predicted octanol–water partition coefficient (Wildman–Crippen LogP) is 4.14. The lowest BCUT2D eigenvalue weighted by Crippen LogP contribution is -2.03. The Balaban J connectivity index is 1.78. The largest absolute Gasteiger partial charge is 0.461 e. The standard InChI is InChI=1S/C16H13NO2S/c1-11-7-8-19-16(11)14(18)9-15-17-13(10-20-15)12-5-3-2-4-6-12/h2-8,10H,9H2,1H3. The normalized spacial score (nSPS) is 10.7. The minimum atomic E-state index is -0.0264. The van der Waals surface area contributed by atoms with E-state index in [1.165, 1.54) is 11.3 Å². The van der Waals surface area contributed by atoms with Gasteiger partial charge in [0, 0.05) is 10.9 Å². The van der Waals surface area contributed by atoms with Crippen LogP contribution in [0.2, 0.25) is 0 Å². The molecule has 1 aromatic carbocycles. The maximum Gasteiger partial charge on any atom is 0.205 e. The molecule has 3 rings (SSSR count). The molecule has 20 heavy (non-hydrogen) atoms. The topological polar surface area (TPSA) is 43.1 Å².